The highest BCUT2D eigenvalue weighted by molar-refractivity contribution is 5.76. The van der Waals surface area contributed by atoms with Crippen molar-refractivity contribution < 1.29 is 9.90 Å². The zero-order valence-corrected chi connectivity index (χ0v) is 10.3. The second kappa shape index (κ2) is 6.80. The number of carbonyl (C=O) groups is 1. The molecule has 0 fully saturated rings. The molecule has 0 saturated carbocycles. The van der Waals surface area contributed by atoms with Crippen molar-refractivity contribution in [3.63, 3.8) is 0 Å². The van der Waals surface area contributed by atoms with Crippen molar-refractivity contribution in [3.05, 3.63) is 0 Å². The highest BCUT2D eigenvalue weighted by atomic mass is 16.3. The SMILES string of the molecule is CC(C)NC(=O)CCNC(C)(C)CCO. The molecule has 4 heteroatoms. The summed E-state index contributed by atoms with van der Waals surface area (Å²) in [6.07, 6.45) is 1.17. The van der Waals surface area contributed by atoms with Crippen molar-refractivity contribution >= 4 is 5.91 Å². The molecule has 1 amide bonds. The summed E-state index contributed by atoms with van der Waals surface area (Å²) in [5.74, 6) is 0.0669. The third-order valence-corrected chi connectivity index (χ3v) is 2.14. The van der Waals surface area contributed by atoms with E-state index in [9.17, 15) is 4.79 Å². The lowest BCUT2D eigenvalue weighted by Gasteiger charge is -2.25. The lowest BCUT2D eigenvalue weighted by atomic mass is 10.0. The van der Waals surface area contributed by atoms with Crippen LogP contribution in [-0.2, 0) is 4.79 Å². The van der Waals surface area contributed by atoms with Crippen LogP contribution < -0.4 is 10.6 Å². The third-order valence-electron chi connectivity index (χ3n) is 2.14. The van der Waals surface area contributed by atoms with Gasteiger partial charge in [-0.2, -0.15) is 0 Å². The van der Waals surface area contributed by atoms with E-state index in [1.54, 1.807) is 0 Å². The van der Waals surface area contributed by atoms with Crippen molar-refractivity contribution in [1.29, 1.82) is 0 Å². The van der Waals surface area contributed by atoms with Crippen molar-refractivity contribution in [2.75, 3.05) is 13.2 Å². The Bertz CT molecular complexity index is 191. The Morgan fingerprint density at radius 1 is 1.40 bits per heavy atom. The molecule has 0 bridgehead atoms. The third kappa shape index (κ3) is 8.39. The fourth-order valence-corrected chi connectivity index (χ4v) is 1.28. The van der Waals surface area contributed by atoms with E-state index in [4.69, 9.17) is 5.11 Å². The monoisotopic (exact) mass is 216 g/mol. The molecule has 0 radical (unpaired) electrons. The molecule has 0 aromatic heterocycles. The first-order valence-electron chi connectivity index (χ1n) is 5.52. The Balaban J connectivity index is 3.65. The van der Waals surface area contributed by atoms with Crippen LogP contribution in [0.3, 0.4) is 0 Å². The molecule has 0 unspecified atom stereocenters. The van der Waals surface area contributed by atoms with Crippen LogP contribution in [0, 0.1) is 0 Å². The summed E-state index contributed by atoms with van der Waals surface area (Å²) in [6.45, 7) is 8.74. The summed E-state index contributed by atoms with van der Waals surface area (Å²) in [7, 11) is 0. The quantitative estimate of drug-likeness (QED) is 0.585. The smallest absolute Gasteiger partial charge is 0.221 e. The molecular formula is C11H24N2O2. The lowest BCUT2D eigenvalue weighted by Crippen LogP contribution is -2.42. The minimum absolute atomic E-state index is 0.0669. The molecule has 0 aromatic rings. The van der Waals surface area contributed by atoms with Crippen LogP contribution in [0.5, 0.6) is 0 Å². The fourth-order valence-electron chi connectivity index (χ4n) is 1.28. The molecule has 0 aliphatic carbocycles. The van der Waals surface area contributed by atoms with Gasteiger partial charge in [-0.25, -0.2) is 0 Å². The highest BCUT2D eigenvalue weighted by Gasteiger charge is 2.15. The molecule has 15 heavy (non-hydrogen) atoms. The predicted molar refractivity (Wildman–Crippen MR) is 61.7 cm³/mol. The van der Waals surface area contributed by atoms with Gasteiger partial charge in [-0.15, -0.1) is 0 Å². The first-order valence-corrected chi connectivity index (χ1v) is 5.52. The summed E-state index contributed by atoms with van der Waals surface area (Å²) < 4.78 is 0. The average Bonchev–Trinajstić information content (AvgIpc) is 2.01. The molecule has 0 aliphatic heterocycles. The van der Waals surface area contributed by atoms with Gasteiger partial charge in [-0.05, 0) is 34.1 Å². The number of hydrogen-bond donors (Lipinski definition) is 3. The van der Waals surface area contributed by atoms with Crippen LogP contribution in [0.4, 0.5) is 0 Å². The fraction of sp³-hybridized carbons (Fsp3) is 0.909. The summed E-state index contributed by atoms with van der Waals surface area (Å²) in [4.78, 5) is 11.3. The van der Waals surface area contributed by atoms with Gasteiger partial charge in [0.05, 0.1) is 0 Å². The maximum absolute atomic E-state index is 11.3. The van der Waals surface area contributed by atoms with E-state index in [1.807, 2.05) is 27.7 Å². The summed E-state index contributed by atoms with van der Waals surface area (Å²) in [5.41, 5.74) is -0.104. The maximum Gasteiger partial charge on any atom is 0.221 e. The summed E-state index contributed by atoms with van der Waals surface area (Å²) in [6, 6.07) is 0.197. The number of aliphatic hydroxyl groups is 1. The Hall–Kier alpha value is -0.610. The van der Waals surface area contributed by atoms with Crippen molar-refractivity contribution in [3.8, 4) is 0 Å². The Kier molecular flexibility index (Phi) is 6.52. The maximum atomic E-state index is 11.3. The molecule has 4 nitrogen and oxygen atoms in total. The molecule has 3 N–H and O–H groups in total. The van der Waals surface area contributed by atoms with Gasteiger partial charge in [-0.3, -0.25) is 4.79 Å². The Labute approximate surface area is 92.4 Å². The topological polar surface area (TPSA) is 61.4 Å². The molecule has 0 heterocycles. The van der Waals surface area contributed by atoms with Crippen molar-refractivity contribution in [2.45, 2.75) is 52.1 Å². The largest absolute Gasteiger partial charge is 0.396 e. The average molecular weight is 216 g/mol. The predicted octanol–water partition coefficient (Wildman–Crippen LogP) is 0.652. The first kappa shape index (κ1) is 14.4. The van der Waals surface area contributed by atoms with Gasteiger partial charge in [0.15, 0.2) is 0 Å². The van der Waals surface area contributed by atoms with Gasteiger partial charge in [-0.1, -0.05) is 0 Å². The van der Waals surface area contributed by atoms with Crippen LogP contribution >= 0.6 is 0 Å². The minimum atomic E-state index is -0.104. The van der Waals surface area contributed by atoms with Gasteiger partial charge in [0.25, 0.3) is 0 Å². The van der Waals surface area contributed by atoms with E-state index in [0.29, 0.717) is 19.4 Å². The van der Waals surface area contributed by atoms with Gasteiger partial charge in [0.2, 0.25) is 5.91 Å². The second-order valence-corrected chi connectivity index (χ2v) is 4.76. The second-order valence-electron chi connectivity index (χ2n) is 4.76. The van der Waals surface area contributed by atoms with Crippen LogP contribution in [0.25, 0.3) is 0 Å². The number of nitrogens with one attached hydrogen (secondary N) is 2. The molecule has 0 aliphatic rings. The number of aliphatic hydroxyl groups excluding tert-OH is 1. The number of hydrogen-bond acceptors (Lipinski definition) is 3. The van der Waals surface area contributed by atoms with Crippen LogP contribution in [-0.4, -0.2) is 35.7 Å². The van der Waals surface area contributed by atoms with Crippen LogP contribution in [0.15, 0.2) is 0 Å². The summed E-state index contributed by atoms with van der Waals surface area (Å²) >= 11 is 0. The van der Waals surface area contributed by atoms with E-state index in [0.717, 1.165) is 0 Å². The van der Waals surface area contributed by atoms with Gasteiger partial charge < -0.3 is 15.7 Å². The molecule has 0 rings (SSSR count). The van der Waals surface area contributed by atoms with Crippen LogP contribution in [0.1, 0.15) is 40.5 Å². The van der Waals surface area contributed by atoms with Gasteiger partial charge in [0, 0.05) is 31.2 Å². The molecule has 90 valence electrons. The molecule has 0 aromatic carbocycles. The zero-order chi connectivity index (χ0) is 11.9. The van der Waals surface area contributed by atoms with E-state index in [2.05, 4.69) is 10.6 Å². The number of amides is 1. The van der Waals surface area contributed by atoms with E-state index < -0.39 is 0 Å². The van der Waals surface area contributed by atoms with Crippen molar-refractivity contribution in [2.24, 2.45) is 0 Å². The molecular weight excluding hydrogens is 192 g/mol. The number of carbonyl (C=O) groups excluding carboxylic acids is 1. The zero-order valence-electron chi connectivity index (χ0n) is 10.3. The van der Waals surface area contributed by atoms with Crippen molar-refractivity contribution in [1.82, 2.24) is 10.6 Å². The first-order chi connectivity index (χ1) is 6.87. The Morgan fingerprint density at radius 2 is 2.00 bits per heavy atom. The van der Waals surface area contributed by atoms with Crippen LogP contribution in [0.2, 0.25) is 0 Å². The highest BCUT2D eigenvalue weighted by Crippen LogP contribution is 2.06. The summed E-state index contributed by atoms with van der Waals surface area (Å²) in [5, 5.41) is 14.9. The molecule has 0 atom stereocenters. The van der Waals surface area contributed by atoms with E-state index in [-0.39, 0.29) is 24.1 Å². The molecule has 0 spiro atoms. The normalized spacial score (nSPS) is 11.9. The minimum Gasteiger partial charge on any atom is -0.396 e. The van der Waals surface area contributed by atoms with Gasteiger partial charge in [0.1, 0.15) is 0 Å². The number of rotatable bonds is 7. The van der Waals surface area contributed by atoms with E-state index in [1.165, 1.54) is 0 Å². The van der Waals surface area contributed by atoms with E-state index >= 15 is 0 Å². The van der Waals surface area contributed by atoms with Gasteiger partial charge >= 0.3 is 0 Å². The standard InChI is InChI=1S/C11H24N2O2/c1-9(2)13-10(15)5-7-12-11(3,4)6-8-14/h9,12,14H,5-8H2,1-4H3,(H,13,15). The molecule has 0 saturated heterocycles. The lowest BCUT2D eigenvalue weighted by molar-refractivity contribution is -0.121. The Morgan fingerprint density at radius 3 is 2.47 bits per heavy atom.